The topological polar surface area (TPSA) is 78.9 Å². The molecule has 0 fully saturated rings. The highest BCUT2D eigenvalue weighted by Gasteiger charge is 2.19. The number of amidine groups is 1. The fourth-order valence-electron chi connectivity index (χ4n) is 1.58. The Morgan fingerprint density at radius 3 is 2.84 bits per heavy atom. The Hall–Kier alpha value is -0.830. The van der Waals surface area contributed by atoms with Crippen LogP contribution in [0.3, 0.4) is 0 Å². The first-order valence-electron chi connectivity index (χ1n) is 5.70. The molecular formula is C12H15BrIN3O2. The van der Waals surface area contributed by atoms with E-state index in [1.54, 1.807) is 11.0 Å². The number of halogens is 2. The van der Waals surface area contributed by atoms with E-state index in [9.17, 15) is 4.79 Å². The summed E-state index contributed by atoms with van der Waals surface area (Å²) in [6.45, 7) is 2.64. The highest BCUT2D eigenvalue weighted by Crippen LogP contribution is 2.20. The summed E-state index contributed by atoms with van der Waals surface area (Å²) in [7, 11) is 0. The Kier molecular flexibility index (Phi) is 6.56. The molecule has 0 aromatic heterocycles. The molecule has 0 saturated carbocycles. The molecule has 0 saturated heterocycles. The Labute approximate surface area is 134 Å². The zero-order valence-corrected chi connectivity index (χ0v) is 14.2. The van der Waals surface area contributed by atoms with E-state index in [2.05, 4.69) is 43.7 Å². The number of benzene rings is 1. The van der Waals surface area contributed by atoms with Crippen LogP contribution in [0, 0.1) is 3.57 Å². The van der Waals surface area contributed by atoms with Crippen LogP contribution in [-0.2, 0) is 0 Å². The molecule has 0 radical (unpaired) electrons. The van der Waals surface area contributed by atoms with Crippen LogP contribution in [0.1, 0.15) is 23.7 Å². The van der Waals surface area contributed by atoms with Crippen LogP contribution in [0.2, 0.25) is 0 Å². The van der Waals surface area contributed by atoms with Gasteiger partial charge in [0, 0.05) is 14.6 Å². The predicted octanol–water partition coefficient (Wildman–Crippen LogP) is 2.65. The van der Waals surface area contributed by atoms with Crippen molar-refractivity contribution in [1.29, 1.82) is 0 Å². The Morgan fingerprint density at radius 2 is 2.26 bits per heavy atom. The standard InChI is InChI=1S/C12H15BrIN3O2/c1-2-5-17(7-11(15)16-19)12(18)9-6-8(13)3-4-10(9)14/h3-4,6,19H,2,5,7H2,1H3,(H2,15,16). The lowest BCUT2D eigenvalue weighted by molar-refractivity contribution is 0.0777. The molecule has 0 aliphatic heterocycles. The molecule has 1 amide bonds. The van der Waals surface area contributed by atoms with E-state index in [1.165, 1.54) is 0 Å². The third kappa shape index (κ3) is 4.64. The highest BCUT2D eigenvalue weighted by molar-refractivity contribution is 14.1. The molecule has 104 valence electrons. The van der Waals surface area contributed by atoms with Gasteiger partial charge in [-0.15, -0.1) is 0 Å². The fourth-order valence-corrected chi connectivity index (χ4v) is 2.51. The number of carbonyl (C=O) groups excluding carboxylic acids is 1. The second-order valence-electron chi connectivity index (χ2n) is 3.94. The highest BCUT2D eigenvalue weighted by atomic mass is 127. The molecule has 0 heterocycles. The van der Waals surface area contributed by atoms with E-state index in [0.717, 1.165) is 14.5 Å². The molecule has 7 heteroatoms. The van der Waals surface area contributed by atoms with Crippen LogP contribution in [0.15, 0.2) is 27.8 Å². The van der Waals surface area contributed by atoms with Crippen LogP contribution in [0.4, 0.5) is 0 Å². The maximum Gasteiger partial charge on any atom is 0.255 e. The summed E-state index contributed by atoms with van der Waals surface area (Å²) in [5.41, 5.74) is 6.09. The number of hydrogen-bond donors (Lipinski definition) is 2. The van der Waals surface area contributed by atoms with Crippen molar-refractivity contribution >= 4 is 50.3 Å². The van der Waals surface area contributed by atoms with Gasteiger partial charge in [0.1, 0.15) is 0 Å². The predicted molar refractivity (Wildman–Crippen MR) is 86.5 cm³/mol. The van der Waals surface area contributed by atoms with Crippen LogP contribution in [0.5, 0.6) is 0 Å². The van der Waals surface area contributed by atoms with Crippen molar-refractivity contribution in [2.75, 3.05) is 13.1 Å². The smallest absolute Gasteiger partial charge is 0.255 e. The van der Waals surface area contributed by atoms with Gasteiger partial charge in [-0.1, -0.05) is 28.0 Å². The van der Waals surface area contributed by atoms with Gasteiger partial charge in [-0.3, -0.25) is 4.79 Å². The number of oxime groups is 1. The number of rotatable bonds is 5. The average molecular weight is 440 g/mol. The summed E-state index contributed by atoms with van der Waals surface area (Å²) in [6, 6.07) is 5.52. The quantitative estimate of drug-likeness (QED) is 0.243. The van der Waals surface area contributed by atoms with E-state index in [0.29, 0.717) is 12.1 Å². The van der Waals surface area contributed by atoms with Gasteiger partial charge >= 0.3 is 0 Å². The first kappa shape index (κ1) is 16.2. The van der Waals surface area contributed by atoms with Crippen LogP contribution in [-0.4, -0.2) is 34.9 Å². The minimum Gasteiger partial charge on any atom is -0.409 e. The van der Waals surface area contributed by atoms with Crippen molar-refractivity contribution in [3.63, 3.8) is 0 Å². The summed E-state index contributed by atoms with van der Waals surface area (Å²) in [5, 5.41) is 11.5. The van der Waals surface area contributed by atoms with Crippen LogP contribution >= 0.6 is 38.5 Å². The fraction of sp³-hybridized carbons (Fsp3) is 0.333. The van der Waals surface area contributed by atoms with Gasteiger partial charge in [-0.05, 0) is 47.2 Å². The van der Waals surface area contributed by atoms with Gasteiger partial charge in [0.05, 0.1) is 12.1 Å². The van der Waals surface area contributed by atoms with E-state index >= 15 is 0 Å². The van der Waals surface area contributed by atoms with Gasteiger partial charge in [0.2, 0.25) is 0 Å². The average Bonchev–Trinajstić information content (AvgIpc) is 2.40. The summed E-state index contributed by atoms with van der Waals surface area (Å²) in [6.07, 6.45) is 0.801. The second-order valence-corrected chi connectivity index (χ2v) is 6.02. The number of nitrogens with two attached hydrogens (primary N) is 1. The minimum absolute atomic E-state index is 0.0202. The molecule has 0 spiro atoms. The third-order valence-electron chi connectivity index (χ3n) is 2.42. The Bertz CT molecular complexity index is 494. The lowest BCUT2D eigenvalue weighted by atomic mass is 10.2. The molecule has 5 nitrogen and oxygen atoms in total. The largest absolute Gasteiger partial charge is 0.409 e. The van der Waals surface area contributed by atoms with Crippen molar-refractivity contribution in [1.82, 2.24) is 4.90 Å². The zero-order valence-electron chi connectivity index (χ0n) is 10.4. The van der Waals surface area contributed by atoms with E-state index in [4.69, 9.17) is 10.9 Å². The summed E-state index contributed by atoms with van der Waals surface area (Å²) in [5.74, 6) is -0.106. The first-order chi connectivity index (χ1) is 8.99. The molecular weight excluding hydrogens is 425 g/mol. The molecule has 0 aliphatic rings. The molecule has 0 bridgehead atoms. The summed E-state index contributed by atoms with van der Waals surface area (Å²) in [4.78, 5) is 14.0. The molecule has 0 atom stereocenters. The normalized spacial score (nSPS) is 11.4. The van der Waals surface area contributed by atoms with Gasteiger partial charge in [0.15, 0.2) is 5.84 Å². The van der Waals surface area contributed by atoms with Gasteiger partial charge in [0.25, 0.3) is 5.91 Å². The molecule has 1 aromatic carbocycles. The third-order valence-corrected chi connectivity index (χ3v) is 3.85. The maximum absolute atomic E-state index is 12.5. The minimum atomic E-state index is -0.126. The van der Waals surface area contributed by atoms with Crippen molar-refractivity contribution in [3.8, 4) is 0 Å². The SMILES string of the molecule is CCCN(C/C(N)=N/O)C(=O)c1cc(Br)ccc1I. The van der Waals surface area contributed by atoms with Crippen molar-refractivity contribution < 1.29 is 10.0 Å². The summed E-state index contributed by atoms with van der Waals surface area (Å²) < 4.78 is 1.71. The van der Waals surface area contributed by atoms with Crippen LogP contribution in [0.25, 0.3) is 0 Å². The number of carbonyl (C=O) groups is 1. The maximum atomic E-state index is 12.5. The van der Waals surface area contributed by atoms with E-state index in [1.807, 2.05) is 19.1 Å². The summed E-state index contributed by atoms with van der Waals surface area (Å²) >= 11 is 5.47. The molecule has 19 heavy (non-hydrogen) atoms. The molecule has 3 N–H and O–H groups in total. The number of hydrogen-bond acceptors (Lipinski definition) is 3. The van der Waals surface area contributed by atoms with Gasteiger partial charge in [-0.25, -0.2) is 0 Å². The molecule has 0 unspecified atom stereocenters. The molecule has 1 aromatic rings. The molecule has 1 rings (SSSR count). The van der Waals surface area contributed by atoms with Crippen molar-refractivity contribution in [2.24, 2.45) is 10.9 Å². The lowest BCUT2D eigenvalue weighted by Crippen LogP contribution is -2.39. The number of nitrogens with zero attached hydrogens (tertiary/aromatic N) is 2. The number of amides is 1. The Balaban J connectivity index is 3.01. The van der Waals surface area contributed by atoms with Crippen molar-refractivity contribution in [2.45, 2.75) is 13.3 Å². The Morgan fingerprint density at radius 1 is 1.58 bits per heavy atom. The first-order valence-corrected chi connectivity index (χ1v) is 7.57. The zero-order chi connectivity index (χ0) is 14.4. The van der Waals surface area contributed by atoms with E-state index in [-0.39, 0.29) is 18.3 Å². The second kappa shape index (κ2) is 7.68. The van der Waals surface area contributed by atoms with E-state index < -0.39 is 0 Å². The monoisotopic (exact) mass is 439 g/mol. The van der Waals surface area contributed by atoms with Gasteiger partial charge < -0.3 is 15.8 Å². The van der Waals surface area contributed by atoms with Crippen LogP contribution < -0.4 is 5.73 Å². The lowest BCUT2D eigenvalue weighted by Gasteiger charge is -2.22. The van der Waals surface area contributed by atoms with Crippen molar-refractivity contribution in [3.05, 3.63) is 31.8 Å². The molecule has 0 aliphatic carbocycles. The van der Waals surface area contributed by atoms with Gasteiger partial charge in [-0.2, -0.15) is 0 Å².